The van der Waals surface area contributed by atoms with Gasteiger partial charge >= 0.3 is 11.7 Å². The molecule has 0 saturated carbocycles. The van der Waals surface area contributed by atoms with E-state index >= 15 is 0 Å². The van der Waals surface area contributed by atoms with E-state index in [-0.39, 0.29) is 31.7 Å². The van der Waals surface area contributed by atoms with Gasteiger partial charge in [-0.1, -0.05) is 91.0 Å². The van der Waals surface area contributed by atoms with Crippen LogP contribution in [0.25, 0.3) is 0 Å². The quantitative estimate of drug-likeness (QED) is 0.206. The topological polar surface area (TPSA) is 117 Å². The Labute approximate surface area is 249 Å². The number of benzene rings is 3. The monoisotopic (exact) mass is 582 g/mol. The largest absolute Gasteiger partial charge is 0.459 e. The highest BCUT2D eigenvalue weighted by Gasteiger charge is 2.43. The first kappa shape index (κ1) is 29.9. The molecule has 0 bridgehead atoms. The Kier molecular flexibility index (Phi) is 9.13. The standard InChI is InChI=1S/C34H34N2O7/c1-23-21-36(33(40)35-32(23)39)30-20-28(43-31(38)19-18-24(2)37)29(42-30)22-41-34(25-12-6-3-7-13-25,26-14-8-4-9-15-26)27-16-10-5-11-17-27/h3-17,21,28-30H,18-20,22H2,1-2H3,(H,35,39,40)/t28?,29-,30-/m1/s1. The van der Waals surface area contributed by atoms with E-state index in [1.54, 1.807) is 6.92 Å². The molecule has 0 spiro atoms. The molecule has 0 amide bonds. The van der Waals surface area contributed by atoms with Crippen LogP contribution in [0.1, 0.15) is 54.7 Å². The molecular formula is C34H34N2O7. The van der Waals surface area contributed by atoms with Gasteiger partial charge < -0.3 is 19.0 Å². The number of rotatable bonds is 11. The highest BCUT2D eigenvalue weighted by Crippen LogP contribution is 2.42. The van der Waals surface area contributed by atoms with Crippen molar-refractivity contribution in [3.05, 3.63) is 140 Å². The molecule has 222 valence electrons. The molecule has 3 atom stereocenters. The second-order valence-corrected chi connectivity index (χ2v) is 10.7. The summed E-state index contributed by atoms with van der Waals surface area (Å²) in [4.78, 5) is 51.2. The third kappa shape index (κ3) is 6.58. The van der Waals surface area contributed by atoms with Gasteiger partial charge in [-0.05, 0) is 30.5 Å². The summed E-state index contributed by atoms with van der Waals surface area (Å²) in [6, 6.07) is 29.5. The average Bonchev–Trinajstić information content (AvgIpc) is 3.41. The second-order valence-electron chi connectivity index (χ2n) is 10.7. The van der Waals surface area contributed by atoms with Crippen LogP contribution >= 0.6 is 0 Å². The lowest BCUT2D eigenvalue weighted by Crippen LogP contribution is -2.39. The van der Waals surface area contributed by atoms with E-state index in [1.165, 1.54) is 17.7 Å². The van der Waals surface area contributed by atoms with Crippen molar-refractivity contribution in [3.8, 4) is 0 Å². The smallest absolute Gasteiger partial charge is 0.330 e. The van der Waals surface area contributed by atoms with Crippen LogP contribution in [-0.2, 0) is 29.4 Å². The van der Waals surface area contributed by atoms with Gasteiger partial charge in [-0.15, -0.1) is 0 Å². The molecule has 1 aromatic heterocycles. The van der Waals surface area contributed by atoms with Crippen LogP contribution in [0, 0.1) is 6.92 Å². The molecule has 5 rings (SSSR count). The van der Waals surface area contributed by atoms with Crippen molar-refractivity contribution in [1.82, 2.24) is 9.55 Å². The van der Waals surface area contributed by atoms with Crippen molar-refractivity contribution < 1.29 is 23.8 Å². The summed E-state index contributed by atoms with van der Waals surface area (Å²) in [5.41, 5.74) is 0.869. The number of hydrogen-bond acceptors (Lipinski definition) is 7. The summed E-state index contributed by atoms with van der Waals surface area (Å²) in [6.45, 7) is 3.01. The third-order valence-corrected chi connectivity index (χ3v) is 7.61. The predicted octanol–water partition coefficient (Wildman–Crippen LogP) is 4.42. The lowest BCUT2D eigenvalue weighted by molar-refractivity contribution is -0.156. The highest BCUT2D eigenvalue weighted by atomic mass is 16.6. The fourth-order valence-electron chi connectivity index (χ4n) is 5.43. The summed E-state index contributed by atoms with van der Waals surface area (Å²) < 4.78 is 20.4. The molecule has 1 N–H and O–H groups in total. The number of ether oxygens (including phenoxy) is 3. The van der Waals surface area contributed by atoms with Gasteiger partial charge in [0.25, 0.3) is 5.56 Å². The van der Waals surface area contributed by atoms with Gasteiger partial charge in [-0.2, -0.15) is 0 Å². The van der Waals surface area contributed by atoms with Gasteiger partial charge in [0.05, 0.1) is 13.0 Å². The van der Waals surface area contributed by atoms with Gasteiger partial charge in [0, 0.05) is 24.6 Å². The van der Waals surface area contributed by atoms with Crippen molar-refractivity contribution in [2.24, 2.45) is 0 Å². The van der Waals surface area contributed by atoms with Crippen LogP contribution in [0.5, 0.6) is 0 Å². The molecule has 1 unspecified atom stereocenters. The Morgan fingerprint density at radius 1 is 0.884 bits per heavy atom. The van der Waals surface area contributed by atoms with Crippen LogP contribution in [0.3, 0.4) is 0 Å². The summed E-state index contributed by atoms with van der Waals surface area (Å²) in [5, 5.41) is 0. The van der Waals surface area contributed by atoms with E-state index in [2.05, 4.69) is 4.98 Å². The fourth-order valence-corrected chi connectivity index (χ4v) is 5.43. The van der Waals surface area contributed by atoms with Crippen molar-refractivity contribution in [2.75, 3.05) is 6.61 Å². The first-order valence-corrected chi connectivity index (χ1v) is 14.2. The molecule has 0 aliphatic carbocycles. The Morgan fingerprint density at radius 3 is 1.93 bits per heavy atom. The second kappa shape index (κ2) is 13.1. The van der Waals surface area contributed by atoms with E-state index in [9.17, 15) is 19.2 Å². The zero-order valence-electron chi connectivity index (χ0n) is 24.1. The number of aryl methyl sites for hydroxylation is 1. The minimum absolute atomic E-state index is 0.00305. The first-order chi connectivity index (χ1) is 20.8. The SMILES string of the molecule is CC(=O)CCC(=O)OC1C[C@H](n2cc(C)c(=O)[nH]c2=O)O[C@@H]1COC(c1ccccc1)(c1ccccc1)c1ccccc1. The van der Waals surface area contributed by atoms with Gasteiger partial charge in [0.15, 0.2) is 0 Å². The molecule has 1 saturated heterocycles. The van der Waals surface area contributed by atoms with Gasteiger partial charge in [-0.3, -0.25) is 19.1 Å². The Bertz CT molecular complexity index is 1570. The number of aromatic nitrogens is 2. The maximum atomic E-state index is 12.7. The summed E-state index contributed by atoms with van der Waals surface area (Å²) >= 11 is 0. The normalized spacial score (nSPS) is 18.3. The van der Waals surface area contributed by atoms with Crippen LogP contribution in [0.2, 0.25) is 0 Å². The number of carbonyl (C=O) groups is 2. The number of Topliss-reactive ketones (excluding diaryl/α,β-unsaturated/α-hetero) is 1. The van der Waals surface area contributed by atoms with Crippen LogP contribution in [0.4, 0.5) is 0 Å². The minimum atomic E-state index is -1.04. The number of aromatic amines is 1. The first-order valence-electron chi connectivity index (χ1n) is 14.2. The summed E-state index contributed by atoms with van der Waals surface area (Å²) in [7, 11) is 0. The number of nitrogens with zero attached hydrogens (tertiary/aromatic N) is 1. The summed E-state index contributed by atoms with van der Waals surface area (Å²) in [5.74, 6) is -0.661. The molecule has 1 aliphatic heterocycles. The zero-order chi connectivity index (χ0) is 30.4. The molecule has 9 heteroatoms. The number of ketones is 1. The van der Waals surface area contributed by atoms with Crippen LogP contribution in [0.15, 0.2) is 107 Å². The zero-order valence-corrected chi connectivity index (χ0v) is 24.1. The van der Waals surface area contributed by atoms with E-state index < -0.39 is 41.3 Å². The number of carbonyl (C=O) groups excluding carboxylic acids is 2. The van der Waals surface area contributed by atoms with Crippen molar-refractivity contribution in [3.63, 3.8) is 0 Å². The maximum Gasteiger partial charge on any atom is 0.330 e. The van der Waals surface area contributed by atoms with E-state index in [4.69, 9.17) is 14.2 Å². The van der Waals surface area contributed by atoms with Gasteiger partial charge in [0.1, 0.15) is 29.8 Å². The van der Waals surface area contributed by atoms with Crippen LogP contribution in [-0.4, -0.2) is 40.1 Å². The third-order valence-electron chi connectivity index (χ3n) is 7.61. The lowest BCUT2D eigenvalue weighted by atomic mass is 9.80. The minimum Gasteiger partial charge on any atom is -0.459 e. The van der Waals surface area contributed by atoms with Crippen LogP contribution < -0.4 is 11.2 Å². The fraction of sp³-hybridized carbons (Fsp3) is 0.294. The van der Waals surface area contributed by atoms with Crippen molar-refractivity contribution >= 4 is 11.8 Å². The molecule has 43 heavy (non-hydrogen) atoms. The number of H-pyrrole nitrogens is 1. The van der Waals surface area contributed by atoms with E-state index in [1.807, 2.05) is 91.0 Å². The molecule has 1 fully saturated rings. The lowest BCUT2D eigenvalue weighted by Gasteiger charge is -2.37. The molecule has 1 aliphatic rings. The van der Waals surface area contributed by atoms with Crippen molar-refractivity contribution in [2.45, 2.75) is 57.1 Å². The maximum absolute atomic E-state index is 12.7. The average molecular weight is 583 g/mol. The Balaban J connectivity index is 1.52. The Morgan fingerprint density at radius 2 is 1.42 bits per heavy atom. The van der Waals surface area contributed by atoms with Crippen molar-refractivity contribution in [1.29, 1.82) is 0 Å². The molecule has 9 nitrogen and oxygen atoms in total. The predicted molar refractivity (Wildman–Crippen MR) is 160 cm³/mol. The molecule has 0 radical (unpaired) electrons. The number of nitrogens with one attached hydrogen (secondary N) is 1. The number of hydrogen-bond donors (Lipinski definition) is 1. The molecule has 3 aromatic carbocycles. The number of esters is 1. The van der Waals surface area contributed by atoms with E-state index in [0.717, 1.165) is 16.7 Å². The van der Waals surface area contributed by atoms with Gasteiger partial charge in [0.2, 0.25) is 0 Å². The summed E-state index contributed by atoms with van der Waals surface area (Å²) in [6.07, 6.45) is -0.767. The molecule has 2 heterocycles. The van der Waals surface area contributed by atoms with Gasteiger partial charge in [-0.25, -0.2) is 4.79 Å². The Hall–Kier alpha value is -4.60. The molecule has 4 aromatic rings. The highest BCUT2D eigenvalue weighted by molar-refractivity contribution is 5.81. The van der Waals surface area contributed by atoms with E-state index in [0.29, 0.717) is 5.56 Å². The molecular weight excluding hydrogens is 548 g/mol.